The lowest BCUT2D eigenvalue weighted by atomic mass is 9.78. The van der Waals surface area contributed by atoms with Gasteiger partial charge in [-0.25, -0.2) is 0 Å². The number of rotatable bonds is 3. The third-order valence-electron chi connectivity index (χ3n) is 3.37. The van der Waals surface area contributed by atoms with Crippen LogP contribution < -0.4 is 11.1 Å². The first-order valence-electron chi connectivity index (χ1n) is 6.22. The topological polar surface area (TPSA) is 38.0 Å². The van der Waals surface area contributed by atoms with Crippen molar-refractivity contribution in [3.05, 3.63) is 65.7 Å². The van der Waals surface area contributed by atoms with Gasteiger partial charge in [-0.1, -0.05) is 56.3 Å². The van der Waals surface area contributed by atoms with Crippen molar-refractivity contribution in [2.75, 3.05) is 5.32 Å². The maximum Gasteiger partial charge on any atom is 0.168 e. The van der Waals surface area contributed by atoms with Crippen molar-refractivity contribution in [3.63, 3.8) is 0 Å². The predicted octanol–water partition coefficient (Wildman–Crippen LogP) is 3.67. The molecule has 0 atom stereocenters. The molecule has 0 fully saturated rings. The number of nitrogens with two attached hydrogens (primary N) is 1. The van der Waals surface area contributed by atoms with E-state index in [2.05, 4.69) is 55.6 Å². The zero-order valence-electron chi connectivity index (χ0n) is 11.2. The van der Waals surface area contributed by atoms with E-state index >= 15 is 0 Å². The van der Waals surface area contributed by atoms with Crippen LogP contribution in [0.2, 0.25) is 0 Å². The molecule has 0 aromatic heterocycles. The Kier molecular flexibility index (Phi) is 3.86. The SMILES string of the molecule is CC(C)(c1ccccc1)c1ccc(NC(N)=S)cc1. The molecule has 0 aliphatic carbocycles. The number of hydrogen-bond donors (Lipinski definition) is 2. The van der Waals surface area contributed by atoms with Crippen molar-refractivity contribution in [1.29, 1.82) is 0 Å². The van der Waals surface area contributed by atoms with Gasteiger partial charge >= 0.3 is 0 Å². The van der Waals surface area contributed by atoms with Gasteiger partial charge in [0, 0.05) is 11.1 Å². The molecule has 2 aromatic carbocycles. The maximum atomic E-state index is 5.46. The van der Waals surface area contributed by atoms with Crippen molar-refractivity contribution >= 4 is 23.0 Å². The lowest BCUT2D eigenvalue weighted by Crippen LogP contribution is -2.20. The molecule has 98 valence electrons. The van der Waals surface area contributed by atoms with Crippen LogP contribution in [0.5, 0.6) is 0 Å². The molecule has 2 rings (SSSR count). The van der Waals surface area contributed by atoms with Crippen LogP contribution in [0.4, 0.5) is 5.69 Å². The summed E-state index contributed by atoms with van der Waals surface area (Å²) >= 11 is 4.83. The minimum atomic E-state index is -0.0248. The van der Waals surface area contributed by atoms with Gasteiger partial charge in [0.05, 0.1) is 0 Å². The van der Waals surface area contributed by atoms with E-state index in [1.807, 2.05) is 18.2 Å². The molecular weight excluding hydrogens is 252 g/mol. The lowest BCUT2D eigenvalue weighted by molar-refractivity contribution is 0.641. The van der Waals surface area contributed by atoms with E-state index in [-0.39, 0.29) is 10.5 Å². The fraction of sp³-hybridized carbons (Fsp3) is 0.188. The Morgan fingerprint density at radius 3 is 2.00 bits per heavy atom. The molecule has 0 aliphatic rings. The van der Waals surface area contributed by atoms with Crippen molar-refractivity contribution in [2.45, 2.75) is 19.3 Å². The lowest BCUT2D eigenvalue weighted by Gasteiger charge is -2.26. The second kappa shape index (κ2) is 5.41. The van der Waals surface area contributed by atoms with E-state index in [0.29, 0.717) is 0 Å². The second-order valence-corrected chi connectivity index (χ2v) is 5.50. The van der Waals surface area contributed by atoms with Crippen LogP contribution in [0.3, 0.4) is 0 Å². The number of anilines is 1. The van der Waals surface area contributed by atoms with E-state index in [1.165, 1.54) is 11.1 Å². The van der Waals surface area contributed by atoms with Crippen molar-refractivity contribution in [3.8, 4) is 0 Å². The monoisotopic (exact) mass is 270 g/mol. The van der Waals surface area contributed by atoms with E-state index in [1.54, 1.807) is 0 Å². The maximum absolute atomic E-state index is 5.46. The smallest absolute Gasteiger partial charge is 0.168 e. The first-order chi connectivity index (χ1) is 9.00. The Morgan fingerprint density at radius 2 is 1.47 bits per heavy atom. The van der Waals surface area contributed by atoms with Gasteiger partial charge in [-0.2, -0.15) is 0 Å². The van der Waals surface area contributed by atoms with Crippen LogP contribution in [-0.4, -0.2) is 5.11 Å². The number of thiocarbonyl (C=S) groups is 1. The summed E-state index contributed by atoms with van der Waals surface area (Å²) < 4.78 is 0. The summed E-state index contributed by atoms with van der Waals surface area (Å²) in [4.78, 5) is 0. The summed E-state index contributed by atoms with van der Waals surface area (Å²) in [5.74, 6) is 0. The average molecular weight is 270 g/mol. The Labute approximate surface area is 119 Å². The summed E-state index contributed by atoms with van der Waals surface area (Å²) in [5, 5.41) is 3.22. The summed E-state index contributed by atoms with van der Waals surface area (Å²) in [6, 6.07) is 18.7. The molecule has 0 spiro atoms. The summed E-state index contributed by atoms with van der Waals surface area (Å²) in [5.41, 5.74) is 8.90. The molecule has 0 bridgehead atoms. The van der Waals surface area contributed by atoms with Crippen molar-refractivity contribution in [2.24, 2.45) is 5.73 Å². The quantitative estimate of drug-likeness (QED) is 0.836. The van der Waals surface area contributed by atoms with E-state index in [9.17, 15) is 0 Å². The van der Waals surface area contributed by atoms with Gasteiger partial charge in [-0.05, 0) is 35.5 Å². The highest BCUT2D eigenvalue weighted by Gasteiger charge is 2.22. The van der Waals surface area contributed by atoms with Gasteiger partial charge in [0.2, 0.25) is 0 Å². The van der Waals surface area contributed by atoms with Gasteiger partial charge in [0.25, 0.3) is 0 Å². The fourth-order valence-corrected chi connectivity index (χ4v) is 2.25. The molecule has 0 amide bonds. The summed E-state index contributed by atoms with van der Waals surface area (Å²) in [7, 11) is 0. The van der Waals surface area contributed by atoms with E-state index in [4.69, 9.17) is 18.0 Å². The molecule has 0 saturated carbocycles. The third kappa shape index (κ3) is 3.12. The Morgan fingerprint density at radius 1 is 0.947 bits per heavy atom. The van der Waals surface area contributed by atoms with Crippen molar-refractivity contribution < 1.29 is 0 Å². The highest BCUT2D eigenvalue weighted by Crippen LogP contribution is 2.31. The van der Waals surface area contributed by atoms with Crippen LogP contribution in [0.1, 0.15) is 25.0 Å². The molecular formula is C16H18N2S. The Hall–Kier alpha value is -1.87. The molecule has 0 aliphatic heterocycles. The highest BCUT2D eigenvalue weighted by atomic mass is 32.1. The molecule has 3 N–H and O–H groups in total. The van der Waals surface area contributed by atoms with Crippen LogP contribution >= 0.6 is 12.2 Å². The number of nitrogens with one attached hydrogen (secondary N) is 1. The Balaban J connectivity index is 2.29. The predicted molar refractivity (Wildman–Crippen MR) is 85.4 cm³/mol. The normalized spacial score (nSPS) is 11.1. The van der Waals surface area contributed by atoms with Crippen LogP contribution in [0.15, 0.2) is 54.6 Å². The molecule has 0 saturated heterocycles. The standard InChI is InChI=1S/C16H18N2S/c1-16(2,12-6-4-3-5-7-12)13-8-10-14(11-9-13)18-15(17)19/h3-11H,1-2H3,(H3,17,18,19). The Bertz CT molecular complexity index is 559. The van der Waals surface area contributed by atoms with E-state index in [0.717, 1.165) is 5.69 Å². The first-order valence-corrected chi connectivity index (χ1v) is 6.63. The van der Waals surface area contributed by atoms with Gasteiger partial charge in [0.1, 0.15) is 0 Å². The molecule has 0 heterocycles. The first kappa shape index (κ1) is 13.6. The van der Waals surface area contributed by atoms with Gasteiger partial charge < -0.3 is 11.1 Å². The zero-order valence-corrected chi connectivity index (χ0v) is 12.0. The third-order valence-corrected chi connectivity index (χ3v) is 3.47. The van der Waals surface area contributed by atoms with Gasteiger partial charge in [-0.3, -0.25) is 0 Å². The molecule has 2 nitrogen and oxygen atoms in total. The average Bonchev–Trinajstić information content (AvgIpc) is 2.40. The minimum Gasteiger partial charge on any atom is -0.376 e. The van der Waals surface area contributed by atoms with Crippen LogP contribution in [0, 0.1) is 0 Å². The molecule has 0 radical (unpaired) electrons. The van der Waals surface area contributed by atoms with Gasteiger partial charge in [-0.15, -0.1) is 0 Å². The van der Waals surface area contributed by atoms with Crippen molar-refractivity contribution in [1.82, 2.24) is 0 Å². The van der Waals surface area contributed by atoms with E-state index < -0.39 is 0 Å². The summed E-state index contributed by atoms with van der Waals surface area (Å²) in [6.07, 6.45) is 0. The molecule has 0 unspecified atom stereocenters. The summed E-state index contributed by atoms with van der Waals surface area (Å²) in [6.45, 7) is 4.44. The van der Waals surface area contributed by atoms with Gasteiger partial charge in [0.15, 0.2) is 5.11 Å². The molecule has 3 heteroatoms. The number of benzene rings is 2. The van der Waals surface area contributed by atoms with Crippen LogP contribution in [0.25, 0.3) is 0 Å². The largest absolute Gasteiger partial charge is 0.376 e. The van der Waals surface area contributed by atoms with Crippen LogP contribution in [-0.2, 0) is 5.41 Å². The molecule has 19 heavy (non-hydrogen) atoms. The second-order valence-electron chi connectivity index (χ2n) is 5.06. The molecule has 2 aromatic rings. The zero-order chi connectivity index (χ0) is 13.9. The number of hydrogen-bond acceptors (Lipinski definition) is 1. The minimum absolute atomic E-state index is 0.0248. The fourth-order valence-electron chi connectivity index (χ4n) is 2.13. The highest BCUT2D eigenvalue weighted by molar-refractivity contribution is 7.80.